The van der Waals surface area contributed by atoms with Crippen molar-refractivity contribution in [2.75, 3.05) is 6.61 Å². The van der Waals surface area contributed by atoms with Gasteiger partial charge in [0, 0.05) is 0 Å². The number of carbonyl (C=O) groups excluding carboxylic acids is 1. The van der Waals surface area contributed by atoms with E-state index in [0.29, 0.717) is 11.0 Å². The largest absolute Gasteiger partial charge is 0.507 e. The SMILES string of the molecule is N#C/C(=C(/O)COC(=O)c1ccc(S(=O)(=O)C(F)F)cc1)c1nc2ccccc2[nH]1. The third-order valence-electron chi connectivity index (χ3n) is 4.02. The summed E-state index contributed by atoms with van der Waals surface area (Å²) in [7, 11) is -4.78. The summed E-state index contributed by atoms with van der Waals surface area (Å²) in [5.74, 6) is -5.00. The van der Waals surface area contributed by atoms with Crippen molar-refractivity contribution in [2.45, 2.75) is 10.7 Å². The standard InChI is InChI=1S/C19H13F2N3O5S/c20-19(21)30(27,28)12-7-5-11(6-8-12)18(26)29-10-16(25)13(9-22)17-23-14-3-1-2-4-15(14)24-17/h1-8,19,25H,10H2,(H,23,24)/b16-13-. The first-order valence-electron chi connectivity index (χ1n) is 8.30. The molecule has 2 aromatic carbocycles. The van der Waals surface area contributed by atoms with E-state index in [1.54, 1.807) is 30.3 Å². The monoisotopic (exact) mass is 433 g/mol. The van der Waals surface area contributed by atoms with Gasteiger partial charge in [-0.2, -0.15) is 14.0 Å². The number of hydrogen-bond acceptors (Lipinski definition) is 7. The number of alkyl halides is 2. The van der Waals surface area contributed by atoms with Crippen LogP contribution in [0.1, 0.15) is 16.2 Å². The molecule has 0 saturated carbocycles. The van der Waals surface area contributed by atoms with Crippen LogP contribution in [0.5, 0.6) is 0 Å². The van der Waals surface area contributed by atoms with Gasteiger partial charge in [-0.15, -0.1) is 0 Å². The van der Waals surface area contributed by atoms with Crippen molar-refractivity contribution in [2.24, 2.45) is 0 Å². The van der Waals surface area contributed by atoms with Crippen LogP contribution in [-0.4, -0.2) is 41.8 Å². The molecule has 2 N–H and O–H groups in total. The molecule has 0 aliphatic heterocycles. The van der Waals surface area contributed by atoms with Crippen molar-refractivity contribution in [3.63, 3.8) is 0 Å². The molecule has 3 rings (SSSR count). The molecule has 8 nitrogen and oxygen atoms in total. The number of aliphatic hydroxyl groups excluding tert-OH is 1. The number of nitrogens with one attached hydrogen (secondary N) is 1. The number of para-hydroxylation sites is 2. The Labute approximate surface area is 169 Å². The van der Waals surface area contributed by atoms with Gasteiger partial charge >= 0.3 is 11.7 Å². The van der Waals surface area contributed by atoms with Crippen molar-refractivity contribution in [3.05, 3.63) is 65.7 Å². The summed E-state index contributed by atoms with van der Waals surface area (Å²) in [4.78, 5) is 18.5. The Morgan fingerprint density at radius 2 is 1.87 bits per heavy atom. The molecular formula is C19H13F2N3O5S. The summed E-state index contributed by atoms with van der Waals surface area (Å²) in [6.07, 6.45) is 0. The highest BCUT2D eigenvalue weighted by atomic mass is 32.2. The number of benzene rings is 2. The van der Waals surface area contributed by atoms with Crippen LogP contribution in [0.25, 0.3) is 16.6 Å². The van der Waals surface area contributed by atoms with Crippen LogP contribution in [0.15, 0.2) is 59.2 Å². The van der Waals surface area contributed by atoms with Gasteiger partial charge in [-0.25, -0.2) is 18.2 Å². The summed E-state index contributed by atoms with van der Waals surface area (Å²) >= 11 is 0. The number of rotatable bonds is 6. The van der Waals surface area contributed by atoms with Gasteiger partial charge in [-0.3, -0.25) is 0 Å². The zero-order chi connectivity index (χ0) is 21.9. The molecule has 0 spiro atoms. The van der Waals surface area contributed by atoms with Gasteiger partial charge in [-0.05, 0) is 36.4 Å². The minimum Gasteiger partial charge on any atom is -0.507 e. The van der Waals surface area contributed by atoms with Gasteiger partial charge in [0.2, 0.25) is 9.84 Å². The summed E-state index contributed by atoms with van der Waals surface area (Å²) < 4.78 is 52.8. The summed E-state index contributed by atoms with van der Waals surface area (Å²) in [5, 5.41) is 19.5. The molecule has 3 aromatic rings. The van der Waals surface area contributed by atoms with E-state index in [-0.39, 0.29) is 17.0 Å². The molecule has 0 amide bonds. The normalized spacial score (nSPS) is 12.5. The Morgan fingerprint density at radius 1 is 1.20 bits per heavy atom. The number of aliphatic hydroxyl groups is 1. The minimum atomic E-state index is -4.78. The lowest BCUT2D eigenvalue weighted by Crippen LogP contribution is -2.12. The predicted octanol–water partition coefficient (Wildman–Crippen LogP) is 3.21. The summed E-state index contributed by atoms with van der Waals surface area (Å²) in [6.45, 7) is -0.657. The number of sulfone groups is 1. The Bertz CT molecular complexity index is 1240. The molecule has 1 heterocycles. The Balaban J connectivity index is 1.75. The van der Waals surface area contributed by atoms with Crippen LogP contribution in [0.2, 0.25) is 0 Å². The highest BCUT2D eigenvalue weighted by Crippen LogP contribution is 2.20. The van der Waals surface area contributed by atoms with E-state index >= 15 is 0 Å². The number of allylic oxidation sites excluding steroid dienone is 1. The van der Waals surface area contributed by atoms with E-state index in [9.17, 15) is 32.4 Å². The van der Waals surface area contributed by atoms with Gasteiger partial charge in [0.05, 0.1) is 21.5 Å². The van der Waals surface area contributed by atoms with E-state index in [4.69, 9.17) is 4.74 Å². The second-order valence-electron chi connectivity index (χ2n) is 5.94. The van der Waals surface area contributed by atoms with E-state index in [1.807, 2.05) is 0 Å². The zero-order valence-electron chi connectivity index (χ0n) is 15.0. The lowest BCUT2D eigenvalue weighted by atomic mass is 10.2. The molecule has 0 fully saturated rings. The molecule has 154 valence electrons. The number of esters is 1. The van der Waals surface area contributed by atoms with Gasteiger partial charge in [0.25, 0.3) is 0 Å². The van der Waals surface area contributed by atoms with E-state index in [0.717, 1.165) is 24.3 Å². The fourth-order valence-corrected chi connectivity index (χ4v) is 3.22. The number of aromatic amines is 1. The van der Waals surface area contributed by atoms with Crippen molar-refractivity contribution >= 4 is 32.4 Å². The minimum absolute atomic E-state index is 0.0915. The van der Waals surface area contributed by atoms with Crippen molar-refractivity contribution < 1.29 is 31.8 Å². The lowest BCUT2D eigenvalue weighted by molar-refractivity contribution is 0.0502. The quantitative estimate of drug-likeness (QED) is 0.346. The molecule has 1 aromatic heterocycles. The van der Waals surface area contributed by atoms with Gasteiger partial charge < -0.3 is 14.8 Å². The maximum absolute atomic E-state index is 12.5. The number of halogens is 2. The van der Waals surface area contributed by atoms with Crippen molar-refractivity contribution in [1.82, 2.24) is 9.97 Å². The number of aromatic nitrogens is 2. The Hall–Kier alpha value is -3.78. The number of hydrogen-bond donors (Lipinski definition) is 2. The second kappa shape index (κ2) is 8.30. The van der Waals surface area contributed by atoms with Crippen LogP contribution in [-0.2, 0) is 14.6 Å². The topological polar surface area (TPSA) is 133 Å². The third kappa shape index (κ3) is 4.13. The molecule has 0 bridgehead atoms. The molecule has 0 saturated heterocycles. The number of carbonyl (C=O) groups is 1. The molecule has 0 aliphatic rings. The third-order valence-corrected chi connectivity index (χ3v) is 5.42. The van der Waals surface area contributed by atoms with E-state index < -0.39 is 38.8 Å². The number of nitriles is 1. The van der Waals surface area contributed by atoms with Crippen molar-refractivity contribution in [1.29, 1.82) is 5.26 Å². The highest BCUT2D eigenvalue weighted by Gasteiger charge is 2.26. The second-order valence-corrected chi connectivity index (χ2v) is 7.86. The molecular weight excluding hydrogens is 420 g/mol. The van der Waals surface area contributed by atoms with E-state index in [2.05, 4.69) is 9.97 Å². The van der Waals surface area contributed by atoms with Crippen LogP contribution in [0.4, 0.5) is 8.78 Å². The van der Waals surface area contributed by atoms with Crippen LogP contribution in [0, 0.1) is 11.3 Å². The highest BCUT2D eigenvalue weighted by molar-refractivity contribution is 7.91. The van der Waals surface area contributed by atoms with Crippen molar-refractivity contribution in [3.8, 4) is 6.07 Å². The molecule has 30 heavy (non-hydrogen) atoms. The maximum atomic E-state index is 12.5. The van der Waals surface area contributed by atoms with Gasteiger partial charge in [0.1, 0.15) is 18.2 Å². The zero-order valence-corrected chi connectivity index (χ0v) is 15.9. The average Bonchev–Trinajstić information content (AvgIpc) is 3.16. The van der Waals surface area contributed by atoms with Crippen LogP contribution >= 0.6 is 0 Å². The van der Waals surface area contributed by atoms with Gasteiger partial charge in [-0.1, -0.05) is 12.1 Å². The predicted molar refractivity (Wildman–Crippen MR) is 101 cm³/mol. The van der Waals surface area contributed by atoms with Gasteiger partial charge in [0.15, 0.2) is 11.6 Å². The number of nitrogens with zero attached hydrogens (tertiary/aromatic N) is 2. The lowest BCUT2D eigenvalue weighted by Gasteiger charge is -2.07. The molecule has 0 unspecified atom stereocenters. The smallest absolute Gasteiger partial charge is 0.341 e. The first kappa shape index (κ1) is 20.9. The van der Waals surface area contributed by atoms with E-state index in [1.165, 1.54) is 0 Å². The Kier molecular flexibility index (Phi) is 5.79. The average molecular weight is 433 g/mol. The number of H-pyrrole nitrogens is 1. The summed E-state index contributed by atoms with van der Waals surface area (Å²) in [6, 6.07) is 12.4. The number of imidazole rings is 1. The molecule has 0 radical (unpaired) electrons. The number of ether oxygens (including phenoxy) is 1. The van der Waals surface area contributed by atoms with Crippen LogP contribution in [0.3, 0.4) is 0 Å². The Morgan fingerprint density at radius 3 is 2.47 bits per heavy atom. The summed E-state index contributed by atoms with van der Waals surface area (Å²) in [5.41, 5.74) is 0.864. The molecule has 0 aliphatic carbocycles. The fraction of sp³-hybridized carbons (Fsp3) is 0.105. The first-order valence-corrected chi connectivity index (χ1v) is 9.85. The first-order chi connectivity index (χ1) is 14.2. The maximum Gasteiger partial charge on any atom is 0.341 e. The fourth-order valence-electron chi connectivity index (χ4n) is 2.50. The molecule has 0 atom stereocenters. The number of fused-ring (bicyclic) bond motifs is 1. The van der Waals surface area contributed by atoms with Crippen LogP contribution < -0.4 is 0 Å². The molecule has 11 heteroatoms.